The smallest absolute Gasteiger partial charge is 0.356 e. The van der Waals surface area contributed by atoms with Crippen LogP contribution in [0.25, 0.3) is 4.96 Å². The second-order valence-corrected chi connectivity index (χ2v) is 5.79. The van der Waals surface area contributed by atoms with Gasteiger partial charge in [-0.3, -0.25) is 0 Å². The first-order valence-corrected chi connectivity index (χ1v) is 6.95. The van der Waals surface area contributed by atoms with E-state index in [0.717, 1.165) is 17.8 Å². The predicted molar refractivity (Wildman–Crippen MR) is 70.4 cm³/mol. The molecule has 0 unspecified atom stereocenters. The Kier molecular flexibility index (Phi) is 3.65. The summed E-state index contributed by atoms with van der Waals surface area (Å²) < 4.78 is 1.48. The molecule has 0 spiro atoms. The molecule has 0 saturated carbocycles. The molecule has 0 aromatic carbocycles. The predicted octanol–water partition coefficient (Wildman–Crippen LogP) is 2.64. The van der Waals surface area contributed by atoms with Crippen LogP contribution in [-0.4, -0.2) is 25.7 Å². The number of hydrogen-bond donors (Lipinski definition) is 1. The molecule has 0 amide bonds. The molecule has 5 nitrogen and oxygen atoms in total. The topological polar surface area (TPSA) is 67.5 Å². The van der Waals surface area contributed by atoms with Crippen molar-refractivity contribution in [3.63, 3.8) is 0 Å². The van der Waals surface area contributed by atoms with Crippen LogP contribution in [0, 0.1) is 5.92 Å². The lowest BCUT2D eigenvalue weighted by molar-refractivity contribution is 0.0686. The van der Waals surface area contributed by atoms with Gasteiger partial charge >= 0.3 is 5.97 Å². The molecule has 2 aromatic heterocycles. The fourth-order valence-electron chi connectivity index (χ4n) is 1.89. The minimum absolute atomic E-state index is 0.220. The maximum Gasteiger partial charge on any atom is 0.356 e. The highest BCUT2D eigenvalue weighted by atomic mass is 32.1. The Balaban J connectivity index is 2.48. The molecular weight excluding hydrogens is 250 g/mol. The monoisotopic (exact) mass is 267 g/mol. The molecule has 0 saturated heterocycles. The van der Waals surface area contributed by atoms with E-state index in [1.165, 1.54) is 15.9 Å². The average molecular weight is 267 g/mol. The summed E-state index contributed by atoms with van der Waals surface area (Å²) in [6.45, 7) is 6.24. The fraction of sp³-hybridized carbons (Fsp3) is 0.583. The number of hydrogen-bond acceptors (Lipinski definition) is 4. The van der Waals surface area contributed by atoms with Crippen LogP contribution in [0.5, 0.6) is 0 Å². The maximum absolute atomic E-state index is 11.3. The van der Waals surface area contributed by atoms with Gasteiger partial charge in [0.05, 0.1) is 5.69 Å². The quantitative estimate of drug-likeness (QED) is 0.904. The van der Waals surface area contributed by atoms with Crippen LogP contribution in [-0.2, 0) is 12.8 Å². The molecular formula is C12H17N3O2S. The van der Waals surface area contributed by atoms with Crippen molar-refractivity contribution in [2.24, 2.45) is 5.92 Å². The molecule has 0 radical (unpaired) electrons. The van der Waals surface area contributed by atoms with Crippen LogP contribution in [0.2, 0.25) is 0 Å². The van der Waals surface area contributed by atoms with Gasteiger partial charge in [0, 0.05) is 6.42 Å². The summed E-state index contributed by atoms with van der Waals surface area (Å²) in [6, 6.07) is 0. The standard InChI is InChI=1S/C12H17N3O2S/c1-4-5-8-10(11(16)17)15-12(13-8)18-9(14-15)6-7(2)3/h7H,4-6H2,1-3H3,(H,16,17). The minimum atomic E-state index is -0.952. The Morgan fingerprint density at radius 1 is 1.50 bits per heavy atom. The number of nitrogens with zero attached hydrogens (tertiary/aromatic N) is 3. The summed E-state index contributed by atoms with van der Waals surface area (Å²) >= 11 is 1.48. The van der Waals surface area contributed by atoms with Crippen molar-refractivity contribution in [1.29, 1.82) is 0 Å². The van der Waals surface area contributed by atoms with E-state index in [4.69, 9.17) is 0 Å². The number of aromatic nitrogens is 3. The van der Waals surface area contributed by atoms with Gasteiger partial charge in [-0.15, -0.1) is 0 Å². The van der Waals surface area contributed by atoms with E-state index in [2.05, 4.69) is 23.9 Å². The molecule has 0 bridgehead atoms. The van der Waals surface area contributed by atoms with E-state index in [9.17, 15) is 9.90 Å². The number of aromatic carboxylic acids is 1. The van der Waals surface area contributed by atoms with Gasteiger partial charge in [0.1, 0.15) is 5.01 Å². The Labute approximate surface area is 109 Å². The third-order valence-corrected chi connectivity index (χ3v) is 3.52. The van der Waals surface area contributed by atoms with Gasteiger partial charge in [-0.2, -0.15) is 9.61 Å². The van der Waals surface area contributed by atoms with Crippen LogP contribution >= 0.6 is 11.3 Å². The highest BCUT2D eigenvalue weighted by Crippen LogP contribution is 2.21. The highest BCUT2D eigenvalue weighted by Gasteiger charge is 2.21. The zero-order valence-electron chi connectivity index (χ0n) is 10.8. The van der Waals surface area contributed by atoms with Crippen molar-refractivity contribution in [2.45, 2.75) is 40.0 Å². The number of aryl methyl sites for hydroxylation is 1. The second kappa shape index (κ2) is 5.06. The first-order valence-electron chi connectivity index (χ1n) is 6.13. The fourth-order valence-corrected chi connectivity index (χ4v) is 3.01. The van der Waals surface area contributed by atoms with Crippen molar-refractivity contribution < 1.29 is 9.90 Å². The van der Waals surface area contributed by atoms with Gasteiger partial charge < -0.3 is 5.11 Å². The van der Waals surface area contributed by atoms with Crippen molar-refractivity contribution in [3.05, 3.63) is 16.4 Å². The molecule has 2 aromatic rings. The third-order valence-electron chi connectivity index (χ3n) is 2.59. The van der Waals surface area contributed by atoms with Crippen molar-refractivity contribution in [1.82, 2.24) is 14.6 Å². The normalized spacial score (nSPS) is 11.6. The summed E-state index contributed by atoms with van der Waals surface area (Å²) in [7, 11) is 0. The van der Waals surface area contributed by atoms with Crippen molar-refractivity contribution in [3.8, 4) is 0 Å². The van der Waals surface area contributed by atoms with E-state index >= 15 is 0 Å². The van der Waals surface area contributed by atoms with E-state index in [1.807, 2.05) is 6.92 Å². The summed E-state index contributed by atoms with van der Waals surface area (Å²) in [6.07, 6.45) is 2.41. The molecule has 0 aliphatic rings. The molecule has 0 atom stereocenters. The van der Waals surface area contributed by atoms with Gasteiger partial charge in [-0.05, 0) is 12.3 Å². The number of carbonyl (C=O) groups is 1. The van der Waals surface area contributed by atoms with Crippen LogP contribution in [0.15, 0.2) is 0 Å². The molecule has 2 rings (SSSR count). The molecule has 0 fully saturated rings. The average Bonchev–Trinajstić information content (AvgIpc) is 2.72. The zero-order valence-corrected chi connectivity index (χ0v) is 11.6. The van der Waals surface area contributed by atoms with Crippen LogP contribution in [0.4, 0.5) is 0 Å². The SMILES string of the molecule is CCCc1nc2sc(CC(C)C)nn2c1C(=O)O. The Hall–Kier alpha value is -1.43. The Morgan fingerprint density at radius 3 is 2.78 bits per heavy atom. The highest BCUT2D eigenvalue weighted by molar-refractivity contribution is 7.16. The number of imidazole rings is 1. The van der Waals surface area contributed by atoms with Gasteiger partial charge in [0.2, 0.25) is 4.96 Å². The number of rotatable bonds is 5. The van der Waals surface area contributed by atoms with Gasteiger partial charge in [0.25, 0.3) is 0 Å². The summed E-state index contributed by atoms with van der Waals surface area (Å²) in [5.74, 6) is -0.448. The van der Waals surface area contributed by atoms with Gasteiger partial charge in [-0.25, -0.2) is 9.78 Å². The van der Waals surface area contributed by atoms with E-state index in [0.29, 0.717) is 23.0 Å². The lowest BCUT2D eigenvalue weighted by atomic mass is 10.1. The maximum atomic E-state index is 11.3. The Morgan fingerprint density at radius 2 is 2.22 bits per heavy atom. The van der Waals surface area contributed by atoms with E-state index < -0.39 is 5.97 Å². The number of carboxylic acid groups (broad SMARTS) is 1. The molecule has 2 heterocycles. The summed E-state index contributed by atoms with van der Waals surface area (Å²) in [4.78, 5) is 16.4. The van der Waals surface area contributed by atoms with E-state index in [1.54, 1.807) is 0 Å². The summed E-state index contributed by atoms with van der Waals surface area (Å²) in [5, 5.41) is 14.6. The van der Waals surface area contributed by atoms with Gasteiger partial charge in [-0.1, -0.05) is 38.5 Å². The molecule has 1 N–H and O–H groups in total. The molecule has 6 heteroatoms. The lowest BCUT2D eigenvalue weighted by Crippen LogP contribution is -2.07. The lowest BCUT2D eigenvalue weighted by Gasteiger charge is -1.99. The first kappa shape index (κ1) is 13.0. The van der Waals surface area contributed by atoms with Crippen LogP contribution < -0.4 is 0 Å². The largest absolute Gasteiger partial charge is 0.476 e. The summed E-state index contributed by atoms with van der Waals surface area (Å²) in [5.41, 5.74) is 0.859. The number of fused-ring (bicyclic) bond motifs is 1. The Bertz CT molecular complexity index is 571. The van der Waals surface area contributed by atoms with Crippen molar-refractivity contribution >= 4 is 22.3 Å². The molecule has 0 aliphatic carbocycles. The molecule has 0 aliphatic heterocycles. The van der Waals surface area contributed by atoms with Crippen LogP contribution in [0.3, 0.4) is 0 Å². The zero-order chi connectivity index (χ0) is 13.3. The van der Waals surface area contributed by atoms with Crippen molar-refractivity contribution in [2.75, 3.05) is 0 Å². The third kappa shape index (κ3) is 2.38. The molecule has 18 heavy (non-hydrogen) atoms. The van der Waals surface area contributed by atoms with Gasteiger partial charge in [0.15, 0.2) is 5.69 Å². The van der Waals surface area contributed by atoms with E-state index in [-0.39, 0.29) is 5.69 Å². The number of carboxylic acids is 1. The molecule has 98 valence electrons. The second-order valence-electron chi connectivity index (χ2n) is 4.75. The van der Waals surface area contributed by atoms with Crippen LogP contribution in [0.1, 0.15) is 48.4 Å². The first-order chi connectivity index (χ1) is 8.52. The minimum Gasteiger partial charge on any atom is -0.476 e.